The number of amides is 1. The van der Waals surface area contributed by atoms with Crippen LogP contribution in [0.4, 0.5) is 14.5 Å². The van der Waals surface area contributed by atoms with Gasteiger partial charge >= 0.3 is 0 Å². The van der Waals surface area contributed by atoms with Gasteiger partial charge in [0.2, 0.25) is 5.91 Å². The molecule has 0 saturated heterocycles. The lowest BCUT2D eigenvalue weighted by molar-refractivity contribution is -0.121. The molecule has 106 valence electrons. The fraction of sp³-hybridized carbons (Fsp3) is 0.500. The summed E-state index contributed by atoms with van der Waals surface area (Å²) in [4.78, 5) is 11.7. The van der Waals surface area contributed by atoms with Crippen molar-refractivity contribution in [3.05, 3.63) is 29.8 Å². The van der Waals surface area contributed by atoms with E-state index in [0.29, 0.717) is 12.5 Å². The van der Waals surface area contributed by atoms with E-state index in [1.807, 2.05) is 0 Å². The van der Waals surface area contributed by atoms with Crippen molar-refractivity contribution in [2.24, 2.45) is 5.92 Å². The van der Waals surface area contributed by atoms with Gasteiger partial charge in [-0.15, -0.1) is 0 Å². The molecule has 0 aliphatic rings. The molecule has 1 rings (SSSR count). The molecule has 0 bridgehead atoms. The second-order valence-electron chi connectivity index (χ2n) is 4.94. The van der Waals surface area contributed by atoms with E-state index in [2.05, 4.69) is 24.5 Å². The molecule has 0 spiro atoms. The Morgan fingerprint density at radius 2 is 1.95 bits per heavy atom. The van der Waals surface area contributed by atoms with Gasteiger partial charge in [0.1, 0.15) is 6.04 Å². The minimum absolute atomic E-state index is 0.00786. The molecular weight excluding hydrogens is 250 g/mol. The molecule has 0 aliphatic carbocycles. The molecule has 19 heavy (non-hydrogen) atoms. The molecule has 2 N–H and O–H groups in total. The molecule has 0 fully saturated rings. The summed E-state index contributed by atoms with van der Waals surface area (Å²) in [6.45, 7) is 6.31. The molecule has 1 aromatic rings. The first kappa shape index (κ1) is 15.4. The highest BCUT2D eigenvalue weighted by Crippen LogP contribution is 2.17. The van der Waals surface area contributed by atoms with Gasteiger partial charge in [0.25, 0.3) is 0 Å². The maximum absolute atomic E-state index is 13.4. The molecule has 0 aromatic heterocycles. The van der Waals surface area contributed by atoms with Crippen molar-refractivity contribution < 1.29 is 13.6 Å². The van der Waals surface area contributed by atoms with Gasteiger partial charge in [-0.2, -0.15) is 0 Å². The van der Waals surface area contributed by atoms with Gasteiger partial charge < -0.3 is 10.6 Å². The Morgan fingerprint density at radius 3 is 2.58 bits per heavy atom. The van der Waals surface area contributed by atoms with Crippen LogP contribution in [0.25, 0.3) is 0 Å². The van der Waals surface area contributed by atoms with E-state index in [4.69, 9.17) is 0 Å². The summed E-state index contributed by atoms with van der Waals surface area (Å²) in [6.07, 6.45) is 0.882. The van der Waals surface area contributed by atoms with Crippen molar-refractivity contribution in [2.45, 2.75) is 33.2 Å². The molecule has 0 saturated carbocycles. The lowest BCUT2D eigenvalue weighted by Gasteiger charge is -2.16. The molecule has 1 unspecified atom stereocenters. The Kier molecular flexibility index (Phi) is 5.73. The normalized spacial score (nSPS) is 12.3. The fourth-order valence-corrected chi connectivity index (χ4v) is 1.55. The monoisotopic (exact) mass is 270 g/mol. The maximum Gasteiger partial charge on any atom is 0.242 e. The van der Waals surface area contributed by atoms with Gasteiger partial charge in [0, 0.05) is 6.54 Å². The van der Waals surface area contributed by atoms with Crippen molar-refractivity contribution in [3.8, 4) is 0 Å². The molecule has 5 heteroatoms. The van der Waals surface area contributed by atoms with E-state index >= 15 is 0 Å². The first-order valence-electron chi connectivity index (χ1n) is 6.40. The van der Waals surface area contributed by atoms with Crippen LogP contribution >= 0.6 is 0 Å². The molecule has 1 aromatic carbocycles. The highest BCUT2D eigenvalue weighted by molar-refractivity contribution is 5.84. The van der Waals surface area contributed by atoms with Crippen molar-refractivity contribution in [3.63, 3.8) is 0 Å². The van der Waals surface area contributed by atoms with Crippen LogP contribution in [0, 0.1) is 17.6 Å². The zero-order valence-electron chi connectivity index (χ0n) is 11.5. The summed E-state index contributed by atoms with van der Waals surface area (Å²) in [5.74, 6) is -1.63. The maximum atomic E-state index is 13.4. The summed E-state index contributed by atoms with van der Waals surface area (Å²) in [6, 6.07) is 3.21. The Hall–Kier alpha value is -1.65. The molecule has 0 aliphatic heterocycles. The number of carbonyl (C=O) groups is 1. The zero-order chi connectivity index (χ0) is 14.4. The molecule has 0 heterocycles. The van der Waals surface area contributed by atoms with Gasteiger partial charge in [-0.3, -0.25) is 4.79 Å². The predicted molar refractivity (Wildman–Crippen MR) is 71.9 cm³/mol. The standard InChI is InChI=1S/C14H20F2N2O/c1-9(2)7-8-17-14(19)10(3)18-12-6-4-5-11(15)13(12)16/h4-6,9-10,18H,7-8H2,1-3H3,(H,17,19). The van der Waals surface area contributed by atoms with Crippen LogP contribution in [-0.4, -0.2) is 18.5 Å². The van der Waals surface area contributed by atoms with E-state index in [1.54, 1.807) is 6.92 Å². The lowest BCUT2D eigenvalue weighted by Crippen LogP contribution is -2.38. The second-order valence-corrected chi connectivity index (χ2v) is 4.94. The molecule has 0 radical (unpaired) electrons. The Balaban J connectivity index is 2.52. The molecule has 1 atom stereocenters. The van der Waals surface area contributed by atoms with Crippen LogP contribution in [0.15, 0.2) is 18.2 Å². The molecule has 3 nitrogen and oxygen atoms in total. The number of anilines is 1. The number of nitrogens with one attached hydrogen (secondary N) is 2. The van der Waals surface area contributed by atoms with Gasteiger partial charge in [0.15, 0.2) is 11.6 Å². The smallest absolute Gasteiger partial charge is 0.242 e. The minimum atomic E-state index is -0.968. The molecule has 1 amide bonds. The van der Waals surface area contributed by atoms with E-state index in [0.717, 1.165) is 12.5 Å². The number of halogens is 2. The van der Waals surface area contributed by atoms with Crippen LogP contribution in [0.3, 0.4) is 0 Å². The number of benzene rings is 1. The predicted octanol–water partition coefficient (Wildman–Crippen LogP) is 2.93. The highest BCUT2D eigenvalue weighted by Gasteiger charge is 2.15. The quantitative estimate of drug-likeness (QED) is 0.834. The van der Waals surface area contributed by atoms with E-state index in [1.165, 1.54) is 12.1 Å². The van der Waals surface area contributed by atoms with Gasteiger partial charge in [-0.05, 0) is 31.4 Å². The van der Waals surface area contributed by atoms with Crippen molar-refractivity contribution in [1.82, 2.24) is 5.32 Å². The Labute approximate surface area is 112 Å². The van der Waals surface area contributed by atoms with Crippen molar-refractivity contribution >= 4 is 11.6 Å². The number of carbonyl (C=O) groups excluding carboxylic acids is 1. The summed E-state index contributed by atoms with van der Waals surface area (Å²) in [7, 11) is 0. The zero-order valence-corrected chi connectivity index (χ0v) is 11.5. The highest BCUT2D eigenvalue weighted by atomic mass is 19.2. The summed E-state index contributed by atoms with van der Waals surface area (Å²) in [5.41, 5.74) is -0.00786. The van der Waals surface area contributed by atoms with E-state index < -0.39 is 17.7 Å². The number of hydrogen-bond donors (Lipinski definition) is 2. The lowest BCUT2D eigenvalue weighted by atomic mass is 10.1. The number of rotatable bonds is 6. The van der Waals surface area contributed by atoms with Crippen molar-refractivity contribution in [2.75, 3.05) is 11.9 Å². The number of hydrogen-bond acceptors (Lipinski definition) is 2. The van der Waals surface area contributed by atoms with E-state index in [9.17, 15) is 13.6 Å². The third kappa shape index (κ3) is 4.85. The third-order valence-electron chi connectivity index (χ3n) is 2.74. The summed E-state index contributed by atoms with van der Waals surface area (Å²) >= 11 is 0. The van der Waals surface area contributed by atoms with Gasteiger partial charge in [-0.25, -0.2) is 8.78 Å². The fourth-order valence-electron chi connectivity index (χ4n) is 1.55. The average molecular weight is 270 g/mol. The van der Waals surface area contributed by atoms with Crippen LogP contribution in [-0.2, 0) is 4.79 Å². The Bertz CT molecular complexity index is 435. The topological polar surface area (TPSA) is 41.1 Å². The van der Waals surface area contributed by atoms with Gasteiger partial charge in [-0.1, -0.05) is 19.9 Å². The molecular formula is C14H20F2N2O. The minimum Gasteiger partial charge on any atom is -0.371 e. The third-order valence-corrected chi connectivity index (χ3v) is 2.74. The van der Waals surface area contributed by atoms with Crippen LogP contribution in [0.2, 0.25) is 0 Å². The van der Waals surface area contributed by atoms with Crippen LogP contribution in [0.5, 0.6) is 0 Å². The summed E-state index contributed by atoms with van der Waals surface area (Å²) in [5, 5.41) is 5.41. The van der Waals surface area contributed by atoms with Crippen LogP contribution in [0.1, 0.15) is 27.2 Å². The SMILES string of the molecule is CC(C)CCNC(=O)C(C)Nc1cccc(F)c1F. The van der Waals surface area contributed by atoms with E-state index in [-0.39, 0.29) is 11.6 Å². The first-order chi connectivity index (χ1) is 8.91. The second kappa shape index (κ2) is 7.07. The van der Waals surface area contributed by atoms with Crippen molar-refractivity contribution in [1.29, 1.82) is 0 Å². The average Bonchev–Trinajstić information content (AvgIpc) is 2.34. The first-order valence-corrected chi connectivity index (χ1v) is 6.40. The van der Waals surface area contributed by atoms with Crippen LogP contribution < -0.4 is 10.6 Å². The van der Waals surface area contributed by atoms with Gasteiger partial charge in [0.05, 0.1) is 5.69 Å². The summed E-state index contributed by atoms with van der Waals surface area (Å²) < 4.78 is 26.4. The largest absolute Gasteiger partial charge is 0.371 e. The Morgan fingerprint density at radius 1 is 1.26 bits per heavy atom.